The fourth-order valence-corrected chi connectivity index (χ4v) is 2.98. The largest absolute Gasteiger partial charge is 0.423 e. The fourth-order valence-electron chi connectivity index (χ4n) is 2.98. The van der Waals surface area contributed by atoms with E-state index in [1.54, 1.807) is 18.2 Å². The molecule has 0 saturated carbocycles. The van der Waals surface area contributed by atoms with Crippen molar-refractivity contribution in [2.75, 3.05) is 0 Å². The molecule has 0 N–H and O–H groups in total. The minimum absolute atomic E-state index is 0.145. The SMILES string of the molecule is CCC#Cc1ccc(C#Cc2ccc(OC(=O)c3ccc(CCCC)cc3)cc2F)cc1. The highest BCUT2D eigenvalue weighted by Gasteiger charge is 2.10. The molecule has 0 saturated heterocycles. The Kier molecular flexibility index (Phi) is 8.24. The molecule has 0 aromatic heterocycles. The van der Waals surface area contributed by atoms with Crippen molar-refractivity contribution in [1.82, 2.24) is 0 Å². The molecular weight excluding hydrogens is 399 g/mol. The first-order valence-corrected chi connectivity index (χ1v) is 10.8. The van der Waals surface area contributed by atoms with Crippen LogP contribution in [0.1, 0.15) is 65.7 Å². The van der Waals surface area contributed by atoms with E-state index in [1.165, 1.54) is 17.7 Å². The number of esters is 1. The Morgan fingerprint density at radius 2 is 1.56 bits per heavy atom. The minimum atomic E-state index is -0.539. The molecule has 0 aliphatic heterocycles. The molecule has 3 aromatic carbocycles. The van der Waals surface area contributed by atoms with Crippen LogP contribution in [0.2, 0.25) is 0 Å². The van der Waals surface area contributed by atoms with Gasteiger partial charge in [-0.2, -0.15) is 0 Å². The van der Waals surface area contributed by atoms with Crippen LogP contribution in [0.15, 0.2) is 66.7 Å². The zero-order valence-corrected chi connectivity index (χ0v) is 18.4. The molecule has 0 bridgehead atoms. The molecule has 2 nitrogen and oxygen atoms in total. The number of aryl methyl sites for hydroxylation is 1. The van der Waals surface area contributed by atoms with Crippen LogP contribution in [0.5, 0.6) is 5.75 Å². The molecule has 3 aromatic rings. The van der Waals surface area contributed by atoms with Crippen LogP contribution in [0.4, 0.5) is 4.39 Å². The highest BCUT2D eigenvalue weighted by molar-refractivity contribution is 5.91. The lowest BCUT2D eigenvalue weighted by molar-refractivity contribution is 0.0734. The van der Waals surface area contributed by atoms with E-state index >= 15 is 0 Å². The lowest BCUT2D eigenvalue weighted by Crippen LogP contribution is -2.08. The van der Waals surface area contributed by atoms with Gasteiger partial charge in [0.15, 0.2) is 0 Å². The van der Waals surface area contributed by atoms with E-state index in [-0.39, 0.29) is 11.3 Å². The number of hydrogen-bond donors (Lipinski definition) is 0. The molecule has 160 valence electrons. The molecule has 0 atom stereocenters. The van der Waals surface area contributed by atoms with Crippen molar-refractivity contribution in [3.63, 3.8) is 0 Å². The number of carbonyl (C=O) groups excluding carboxylic acids is 1. The van der Waals surface area contributed by atoms with Gasteiger partial charge in [0.05, 0.1) is 11.1 Å². The Balaban J connectivity index is 1.65. The third kappa shape index (κ3) is 6.59. The predicted octanol–water partition coefficient (Wildman–Crippen LogP) is 6.55. The monoisotopic (exact) mass is 424 g/mol. The van der Waals surface area contributed by atoms with Gasteiger partial charge < -0.3 is 4.74 Å². The van der Waals surface area contributed by atoms with Crippen LogP contribution in [0.25, 0.3) is 0 Å². The number of unbranched alkanes of at least 4 members (excludes halogenated alkanes) is 1. The zero-order valence-electron chi connectivity index (χ0n) is 18.4. The topological polar surface area (TPSA) is 26.3 Å². The van der Waals surface area contributed by atoms with Crippen LogP contribution in [-0.4, -0.2) is 5.97 Å². The van der Waals surface area contributed by atoms with E-state index < -0.39 is 11.8 Å². The second-order valence-corrected chi connectivity index (χ2v) is 7.31. The van der Waals surface area contributed by atoms with E-state index in [9.17, 15) is 9.18 Å². The molecule has 0 aliphatic rings. The molecule has 0 spiro atoms. The normalized spacial score (nSPS) is 9.84. The first kappa shape index (κ1) is 22.9. The van der Waals surface area contributed by atoms with Crippen LogP contribution in [0, 0.1) is 29.5 Å². The average molecular weight is 425 g/mol. The lowest BCUT2D eigenvalue weighted by Gasteiger charge is -2.06. The van der Waals surface area contributed by atoms with E-state index in [0.29, 0.717) is 5.56 Å². The van der Waals surface area contributed by atoms with Crippen molar-refractivity contribution in [1.29, 1.82) is 0 Å². The summed E-state index contributed by atoms with van der Waals surface area (Å²) in [5.74, 6) is 10.9. The molecular formula is C29H25FO2. The molecule has 0 unspecified atom stereocenters. The van der Waals surface area contributed by atoms with Gasteiger partial charge >= 0.3 is 5.97 Å². The summed E-state index contributed by atoms with van der Waals surface area (Å²) in [5, 5.41) is 0. The minimum Gasteiger partial charge on any atom is -0.423 e. The average Bonchev–Trinajstić information content (AvgIpc) is 2.82. The van der Waals surface area contributed by atoms with Gasteiger partial charge in [0.2, 0.25) is 0 Å². The van der Waals surface area contributed by atoms with E-state index in [0.717, 1.165) is 36.8 Å². The quantitative estimate of drug-likeness (QED) is 0.264. The van der Waals surface area contributed by atoms with Crippen molar-refractivity contribution in [3.05, 3.63) is 100 Å². The number of benzene rings is 3. The highest BCUT2D eigenvalue weighted by Crippen LogP contribution is 2.18. The van der Waals surface area contributed by atoms with E-state index in [4.69, 9.17) is 4.74 Å². The van der Waals surface area contributed by atoms with Gasteiger partial charge in [0.1, 0.15) is 11.6 Å². The summed E-state index contributed by atoms with van der Waals surface area (Å²) in [6, 6.07) is 19.1. The smallest absolute Gasteiger partial charge is 0.343 e. The first-order chi connectivity index (χ1) is 15.6. The summed E-state index contributed by atoms with van der Waals surface area (Å²) >= 11 is 0. The van der Waals surface area contributed by atoms with Crippen LogP contribution >= 0.6 is 0 Å². The highest BCUT2D eigenvalue weighted by atomic mass is 19.1. The Bertz CT molecular complexity index is 1180. The van der Waals surface area contributed by atoms with Crippen LogP contribution in [0.3, 0.4) is 0 Å². The van der Waals surface area contributed by atoms with Gasteiger partial charge in [-0.25, -0.2) is 9.18 Å². The maximum absolute atomic E-state index is 14.5. The van der Waals surface area contributed by atoms with Crippen molar-refractivity contribution in [3.8, 4) is 29.4 Å². The van der Waals surface area contributed by atoms with Gasteiger partial charge in [0.25, 0.3) is 0 Å². The molecule has 0 fully saturated rings. The van der Waals surface area contributed by atoms with Crippen molar-refractivity contribution in [2.24, 2.45) is 0 Å². The fraction of sp³-hybridized carbons (Fsp3) is 0.207. The van der Waals surface area contributed by atoms with Crippen molar-refractivity contribution >= 4 is 5.97 Å². The molecule has 3 rings (SSSR count). The Morgan fingerprint density at radius 1 is 0.875 bits per heavy atom. The molecule has 0 radical (unpaired) electrons. The summed E-state index contributed by atoms with van der Waals surface area (Å²) in [5.41, 5.74) is 3.54. The summed E-state index contributed by atoms with van der Waals surface area (Å²) < 4.78 is 19.8. The summed E-state index contributed by atoms with van der Waals surface area (Å²) in [7, 11) is 0. The molecule has 0 aliphatic carbocycles. The number of ether oxygens (including phenoxy) is 1. The van der Waals surface area contributed by atoms with Crippen molar-refractivity contribution < 1.29 is 13.9 Å². The molecule has 0 amide bonds. The third-order valence-corrected chi connectivity index (χ3v) is 4.80. The summed E-state index contributed by atoms with van der Waals surface area (Å²) in [6.45, 7) is 4.14. The lowest BCUT2D eigenvalue weighted by atomic mass is 10.1. The second kappa shape index (κ2) is 11.5. The Hall–Kier alpha value is -3.82. The van der Waals surface area contributed by atoms with Gasteiger partial charge in [-0.3, -0.25) is 0 Å². The first-order valence-electron chi connectivity index (χ1n) is 10.8. The maximum Gasteiger partial charge on any atom is 0.343 e. The molecule has 0 heterocycles. The van der Waals surface area contributed by atoms with Crippen molar-refractivity contribution in [2.45, 2.75) is 39.5 Å². The van der Waals surface area contributed by atoms with Gasteiger partial charge in [0, 0.05) is 23.6 Å². The van der Waals surface area contributed by atoms with Gasteiger partial charge in [-0.15, -0.1) is 0 Å². The third-order valence-electron chi connectivity index (χ3n) is 4.80. The van der Waals surface area contributed by atoms with Crippen LogP contribution in [-0.2, 0) is 6.42 Å². The van der Waals surface area contributed by atoms with Crippen LogP contribution < -0.4 is 4.74 Å². The number of carbonyl (C=O) groups is 1. The van der Waals surface area contributed by atoms with Gasteiger partial charge in [-0.05, 0) is 66.9 Å². The van der Waals surface area contributed by atoms with E-state index in [1.807, 2.05) is 43.3 Å². The Morgan fingerprint density at radius 3 is 2.19 bits per heavy atom. The van der Waals surface area contributed by atoms with E-state index in [2.05, 4.69) is 30.6 Å². The number of halogens is 1. The maximum atomic E-state index is 14.5. The zero-order chi connectivity index (χ0) is 22.8. The second-order valence-electron chi connectivity index (χ2n) is 7.31. The summed E-state index contributed by atoms with van der Waals surface area (Å²) in [4.78, 5) is 12.4. The van der Waals surface area contributed by atoms with Gasteiger partial charge in [-0.1, -0.05) is 56.1 Å². The Labute approximate surface area is 189 Å². The molecule has 32 heavy (non-hydrogen) atoms. The standard InChI is InChI=1S/C29H25FO2/c1-3-5-7-22-9-11-24(12-10-22)13-16-25-19-20-27(21-28(25)30)32-29(31)26-17-14-23(15-18-26)8-6-4-2/h9-12,14-15,17-21H,3-4,6,8H2,1-2H3. The summed E-state index contributed by atoms with van der Waals surface area (Å²) in [6.07, 6.45) is 4.02. The number of hydrogen-bond acceptors (Lipinski definition) is 2. The predicted molar refractivity (Wildman–Crippen MR) is 126 cm³/mol. The molecule has 3 heteroatoms. The number of rotatable bonds is 5.